The van der Waals surface area contributed by atoms with Gasteiger partial charge in [0.15, 0.2) is 0 Å². The summed E-state index contributed by atoms with van der Waals surface area (Å²) in [6, 6.07) is 18.4. The van der Waals surface area contributed by atoms with Crippen molar-refractivity contribution in [1.29, 1.82) is 0 Å². The second kappa shape index (κ2) is 11.2. The largest absolute Gasteiger partial charge is 0.352 e. The van der Waals surface area contributed by atoms with Gasteiger partial charge < -0.3 is 10.2 Å². The maximum Gasteiger partial charge on any atom is 0.243 e. The van der Waals surface area contributed by atoms with Gasteiger partial charge in [0.2, 0.25) is 21.8 Å². The number of hydrogen-bond acceptors (Lipinski definition) is 4. The molecule has 35 heavy (non-hydrogen) atoms. The summed E-state index contributed by atoms with van der Waals surface area (Å²) in [6.07, 6.45) is 0. The molecule has 0 aromatic heterocycles. The van der Waals surface area contributed by atoms with Crippen LogP contribution in [0.15, 0.2) is 71.6 Å². The minimum Gasteiger partial charge on any atom is -0.352 e. The van der Waals surface area contributed by atoms with Crippen LogP contribution in [-0.2, 0) is 26.2 Å². The average molecular weight is 516 g/mol. The lowest BCUT2D eigenvalue weighted by molar-refractivity contribution is -0.140. The second-order valence-electron chi connectivity index (χ2n) is 8.76. The van der Waals surface area contributed by atoms with Crippen LogP contribution >= 0.6 is 11.6 Å². The van der Waals surface area contributed by atoms with Crippen molar-refractivity contribution >= 4 is 44.2 Å². The normalized spacial score (nSPS) is 12.7. The molecule has 0 bridgehead atoms. The average Bonchev–Trinajstić information content (AvgIpc) is 2.82. The Bertz CT molecular complexity index is 1310. The van der Waals surface area contributed by atoms with Crippen molar-refractivity contribution in [3.63, 3.8) is 0 Å². The summed E-state index contributed by atoms with van der Waals surface area (Å²) in [7, 11) is -2.57. The molecule has 0 aliphatic carbocycles. The monoisotopic (exact) mass is 515 g/mol. The zero-order valence-corrected chi connectivity index (χ0v) is 21.8. The van der Waals surface area contributed by atoms with Crippen molar-refractivity contribution in [2.24, 2.45) is 0 Å². The molecule has 3 aromatic rings. The molecule has 3 rings (SSSR count). The number of nitrogens with zero attached hydrogens (tertiary/aromatic N) is 2. The highest BCUT2D eigenvalue weighted by molar-refractivity contribution is 7.89. The van der Waals surface area contributed by atoms with Gasteiger partial charge in [-0.1, -0.05) is 54.1 Å². The van der Waals surface area contributed by atoms with E-state index in [1.807, 2.05) is 38.1 Å². The SMILES string of the molecule is CC(C)NC(=O)C(C)N(Cc1ccc(Cl)cc1)C(=O)CN(C)S(=O)(=O)c1ccc2ccccc2c1. The molecule has 3 aromatic carbocycles. The molecule has 0 saturated carbocycles. The third-order valence-corrected chi connectivity index (χ3v) is 7.70. The van der Waals surface area contributed by atoms with E-state index in [1.54, 1.807) is 43.3 Å². The van der Waals surface area contributed by atoms with Gasteiger partial charge in [0.05, 0.1) is 11.4 Å². The Kier molecular flexibility index (Phi) is 8.53. The van der Waals surface area contributed by atoms with E-state index in [1.165, 1.54) is 18.0 Å². The van der Waals surface area contributed by atoms with Gasteiger partial charge in [0, 0.05) is 24.7 Å². The lowest BCUT2D eigenvalue weighted by Gasteiger charge is -2.30. The van der Waals surface area contributed by atoms with Gasteiger partial charge in [-0.15, -0.1) is 0 Å². The Morgan fingerprint density at radius 2 is 1.57 bits per heavy atom. The molecule has 0 aliphatic heterocycles. The number of sulfonamides is 1. The van der Waals surface area contributed by atoms with Crippen molar-refractivity contribution in [2.75, 3.05) is 13.6 Å². The first-order valence-corrected chi connectivity index (χ1v) is 13.1. The molecule has 0 fully saturated rings. The van der Waals surface area contributed by atoms with Crippen LogP contribution < -0.4 is 5.32 Å². The van der Waals surface area contributed by atoms with Crippen molar-refractivity contribution in [3.8, 4) is 0 Å². The van der Waals surface area contributed by atoms with E-state index in [2.05, 4.69) is 5.32 Å². The summed E-state index contributed by atoms with van der Waals surface area (Å²) >= 11 is 5.98. The van der Waals surface area contributed by atoms with Crippen molar-refractivity contribution in [1.82, 2.24) is 14.5 Å². The van der Waals surface area contributed by atoms with Crippen LogP contribution in [0, 0.1) is 0 Å². The van der Waals surface area contributed by atoms with Gasteiger partial charge in [0.1, 0.15) is 6.04 Å². The third kappa shape index (κ3) is 6.60. The van der Waals surface area contributed by atoms with Crippen LogP contribution in [0.2, 0.25) is 5.02 Å². The molecular formula is C26H30ClN3O4S. The van der Waals surface area contributed by atoms with E-state index in [0.717, 1.165) is 20.6 Å². The Labute approximate surface area is 211 Å². The fraction of sp³-hybridized carbons (Fsp3) is 0.308. The lowest BCUT2D eigenvalue weighted by Crippen LogP contribution is -2.51. The van der Waals surface area contributed by atoms with Crippen LogP contribution in [0.25, 0.3) is 10.8 Å². The van der Waals surface area contributed by atoms with Crippen LogP contribution in [0.4, 0.5) is 0 Å². The van der Waals surface area contributed by atoms with E-state index in [0.29, 0.717) is 5.02 Å². The van der Waals surface area contributed by atoms with Crippen molar-refractivity contribution in [3.05, 3.63) is 77.3 Å². The summed E-state index contributed by atoms with van der Waals surface area (Å²) in [5, 5.41) is 5.08. The second-order valence-corrected chi connectivity index (χ2v) is 11.2. The fourth-order valence-corrected chi connectivity index (χ4v) is 4.93. The number of carbonyl (C=O) groups is 2. The van der Waals surface area contributed by atoms with Gasteiger partial charge in [-0.2, -0.15) is 4.31 Å². The van der Waals surface area contributed by atoms with Crippen molar-refractivity contribution < 1.29 is 18.0 Å². The van der Waals surface area contributed by atoms with E-state index in [-0.39, 0.29) is 23.4 Å². The van der Waals surface area contributed by atoms with Crippen molar-refractivity contribution in [2.45, 2.75) is 44.3 Å². The summed E-state index contributed by atoms with van der Waals surface area (Å²) in [4.78, 5) is 27.6. The molecule has 0 heterocycles. The minimum absolute atomic E-state index is 0.0985. The number of halogens is 1. The summed E-state index contributed by atoms with van der Waals surface area (Å²) in [5.74, 6) is -0.805. The van der Waals surface area contributed by atoms with Gasteiger partial charge in [-0.3, -0.25) is 9.59 Å². The first-order valence-electron chi connectivity index (χ1n) is 11.3. The molecule has 0 aliphatic rings. The van der Waals surface area contributed by atoms with E-state index in [4.69, 9.17) is 11.6 Å². The number of rotatable bonds is 9. The third-order valence-electron chi connectivity index (χ3n) is 5.65. The molecule has 186 valence electrons. The van der Waals surface area contributed by atoms with E-state index in [9.17, 15) is 18.0 Å². The number of fused-ring (bicyclic) bond motifs is 1. The number of likely N-dealkylation sites (N-methyl/N-ethyl adjacent to an activating group) is 1. The molecule has 2 amide bonds. The molecule has 0 radical (unpaired) electrons. The topological polar surface area (TPSA) is 86.8 Å². The summed E-state index contributed by atoms with van der Waals surface area (Å²) < 4.78 is 27.5. The van der Waals surface area contributed by atoms with Gasteiger partial charge in [0.25, 0.3) is 0 Å². The molecule has 1 unspecified atom stereocenters. The van der Waals surface area contributed by atoms with Gasteiger partial charge in [-0.25, -0.2) is 8.42 Å². The number of nitrogens with one attached hydrogen (secondary N) is 1. The molecule has 9 heteroatoms. The molecular weight excluding hydrogens is 486 g/mol. The van der Waals surface area contributed by atoms with E-state index >= 15 is 0 Å². The predicted octanol–water partition coefficient (Wildman–Crippen LogP) is 4.06. The molecule has 7 nitrogen and oxygen atoms in total. The molecule has 1 atom stereocenters. The molecule has 0 saturated heterocycles. The lowest BCUT2D eigenvalue weighted by atomic mass is 10.1. The Morgan fingerprint density at radius 1 is 0.943 bits per heavy atom. The maximum absolute atomic E-state index is 13.4. The fourth-order valence-electron chi connectivity index (χ4n) is 3.65. The number of hydrogen-bond donors (Lipinski definition) is 1. The van der Waals surface area contributed by atoms with Gasteiger partial charge in [-0.05, 0) is 61.4 Å². The van der Waals surface area contributed by atoms with E-state index < -0.39 is 28.5 Å². The molecule has 1 N–H and O–H groups in total. The highest BCUT2D eigenvalue weighted by Gasteiger charge is 2.30. The highest BCUT2D eigenvalue weighted by Crippen LogP contribution is 2.22. The Morgan fingerprint density at radius 3 is 2.20 bits per heavy atom. The zero-order chi connectivity index (χ0) is 25.8. The summed E-state index contributed by atoms with van der Waals surface area (Å²) in [6.45, 7) is 5.01. The zero-order valence-electron chi connectivity index (χ0n) is 20.2. The smallest absolute Gasteiger partial charge is 0.243 e. The first-order chi connectivity index (χ1) is 16.5. The highest BCUT2D eigenvalue weighted by atomic mass is 35.5. The Balaban J connectivity index is 1.84. The number of carbonyl (C=O) groups excluding carboxylic acids is 2. The van der Waals surface area contributed by atoms with Gasteiger partial charge >= 0.3 is 0 Å². The van der Waals surface area contributed by atoms with Crippen LogP contribution in [0.1, 0.15) is 26.3 Å². The first kappa shape index (κ1) is 26.7. The minimum atomic E-state index is -3.93. The standard InChI is InChI=1S/C26H30ClN3O4S/c1-18(2)28-26(32)19(3)30(16-20-9-12-23(27)13-10-20)25(31)17-29(4)35(33,34)24-14-11-21-7-5-6-8-22(21)15-24/h5-15,18-19H,16-17H2,1-4H3,(H,28,32). The number of amides is 2. The Hall–Kier alpha value is -2.94. The maximum atomic E-state index is 13.4. The van der Waals surface area contributed by atoms with Crippen LogP contribution in [0.5, 0.6) is 0 Å². The quantitative estimate of drug-likeness (QED) is 0.465. The van der Waals surface area contributed by atoms with Crippen LogP contribution in [-0.4, -0.2) is 55.1 Å². The summed E-state index contributed by atoms with van der Waals surface area (Å²) in [5.41, 5.74) is 0.770. The molecule has 0 spiro atoms. The predicted molar refractivity (Wildman–Crippen MR) is 139 cm³/mol. The van der Waals surface area contributed by atoms with Crippen LogP contribution in [0.3, 0.4) is 0 Å². The number of benzene rings is 3.